The zero-order valence-electron chi connectivity index (χ0n) is 4.89. The smallest absolute Gasteiger partial charge is 0.314 e. The summed E-state index contributed by atoms with van der Waals surface area (Å²) in [7, 11) is -8.98. The number of nitriles is 1. The fourth-order valence-electron chi connectivity index (χ4n) is 0. The summed E-state index contributed by atoms with van der Waals surface area (Å²) >= 11 is 0. The van der Waals surface area contributed by atoms with Gasteiger partial charge in [-0.2, -0.15) is 5.26 Å². The van der Waals surface area contributed by atoms with Crippen LogP contribution in [0.15, 0.2) is 0 Å². The van der Waals surface area contributed by atoms with Crippen LogP contribution < -0.4 is 0 Å². The van der Waals surface area contributed by atoms with Gasteiger partial charge in [0, 0.05) is 0 Å². The summed E-state index contributed by atoms with van der Waals surface area (Å²) in [6, 6.07) is 0. The van der Waals surface area contributed by atoms with E-state index in [2.05, 4.69) is 0 Å². The molecule has 0 aromatic rings. The van der Waals surface area contributed by atoms with E-state index in [1.807, 2.05) is 0 Å². The van der Waals surface area contributed by atoms with Crippen molar-refractivity contribution in [1.82, 2.24) is 0 Å². The zero-order chi connectivity index (χ0) is 9.71. The summed E-state index contributed by atoms with van der Waals surface area (Å²) in [5.74, 6) is 0.771. The Morgan fingerprint density at radius 1 is 1.00 bits per heavy atom. The van der Waals surface area contributed by atoms with Gasteiger partial charge in [-0.1, -0.05) is 0 Å². The summed E-state index contributed by atoms with van der Waals surface area (Å²) in [5.41, 5.74) is 0. The SMILES string of the molecule is N#CP(=O)(O)O.O=P(O)(O)O. The van der Waals surface area contributed by atoms with Crippen LogP contribution in [0.2, 0.25) is 0 Å². The number of nitrogens with zero attached hydrogens (tertiary/aromatic N) is 1. The molecule has 0 bridgehead atoms. The number of hydrogen-bond donors (Lipinski definition) is 5. The summed E-state index contributed by atoms with van der Waals surface area (Å²) in [5, 5.41) is 7.39. The van der Waals surface area contributed by atoms with Crippen LogP contribution in [0.5, 0.6) is 0 Å². The fourth-order valence-corrected chi connectivity index (χ4v) is 0. The van der Waals surface area contributed by atoms with Crippen LogP contribution in [0.3, 0.4) is 0 Å². The van der Waals surface area contributed by atoms with Crippen LogP contribution in [0, 0.1) is 11.1 Å². The minimum absolute atomic E-state index is 0.771. The highest BCUT2D eigenvalue weighted by molar-refractivity contribution is 7.57. The van der Waals surface area contributed by atoms with Gasteiger partial charge in [-0.3, -0.25) is 0 Å². The Morgan fingerprint density at radius 2 is 1.09 bits per heavy atom. The summed E-state index contributed by atoms with van der Waals surface area (Å²) in [6.07, 6.45) is 0. The van der Waals surface area contributed by atoms with E-state index in [0.717, 1.165) is 5.81 Å². The molecular weight excluding hydrogens is 200 g/mol. The van der Waals surface area contributed by atoms with Crippen molar-refractivity contribution >= 4 is 15.4 Å². The fraction of sp³-hybridized carbons (Fsp3) is 0. The van der Waals surface area contributed by atoms with Gasteiger partial charge in [0.1, 0.15) is 0 Å². The molecule has 10 heteroatoms. The third kappa shape index (κ3) is 77.4. The Balaban J connectivity index is 0. The average Bonchev–Trinajstić information content (AvgIpc) is 1.59. The monoisotopic (exact) mass is 205 g/mol. The van der Waals surface area contributed by atoms with E-state index in [1.165, 1.54) is 0 Å². The Hall–Kier alpha value is -0.250. The molecule has 0 aromatic heterocycles. The van der Waals surface area contributed by atoms with Crippen LogP contribution in [0.1, 0.15) is 0 Å². The molecule has 0 aliphatic carbocycles. The molecule has 0 spiro atoms. The van der Waals surface area contributed by atoms with Gasteiger partial charge in [0.2, 0.25) is 0 Å². The van der Waals surface area contributed by atoms with Gasteiger partial charge in [-0.05, 0) is 0 Å². The van der Waals surface area contributed by atoms with E-state index < -0.39 is 15.4 Å². The van der Waals surface area contributed by atoms with Crippen LogP contribution in [-0.4, -0.2) is 24.5 Å². The molecule has 0 radical (unpaired) electrons. The maximum atomic E-state index is 9.33. The molecular formula is CH5NO7P2. The van der Waals surface area contributed by atoms with Crippen molar-refractivity contribution in [2.75, 3.05) is 0 Å². The van der Waals surface area contributed by atoms with Crippen LogP contribution in [0.25, 0.3) is 0 Å². The third-order valence-corrected chi connectivity index (χ3v) is 0.391. The molecule has 0 amide bonds. The lowest BCUT2D eigenvalue weighted by Crippen LogP contribution is -1.66. The predicted octanol–water partition coefficient (Wildman–Crippen LogP) is -1.28. The largest absolute Gasteiger partial charge is 0.466 e. The Morgan fingerprint density at radius 3 is 1.09 bits per heavy atom. The quantitative estimate of drug-likeness (QED) is 0.305. The minimum Gasteiger partial charge on any atom is -0.314 e. The topological polar surface area (TPSA) is 159 Å². The van der Waals surface area contributed by atoms with Gasteiger partial charge in [-0.15, -0.1) is 0 Å². The molecule has 8 nitrogen and oxygen atoms in total. The van der Waals surface area contributed by atoms with E-state index in [0.29, 0.717) is 0 Å². The first-order chi connectivity index (χ1) is 4.56. The molecule has 0 saturated carbocycles. The van der Waals surface area contributed by atoms with Crippen LogP contribution >= 0.6 is 15.4 Å². The molecule has 0 saturated heterocycles. The first-order valence-electron chi connectivity index (χ1n) is 1.81. The van der Waals surface area contributed by atoms with Crippen molar-refractivity contribution in [1.29, 1.82) is 5.26 Å². The third-order valence-electron chi connectivity index (χ3n) is 0.130. The van der Waals surface area contributed by atoms with E-state index in [-0.39, 0.29) is 0 Å². The summed E-state index contributed by atoms with van der Waals surface area (Å²) in [4.78, 5) is 36.7. The number of phosphoric acid groups is 1. The molecule has 0 heterocycles. The molecule has 0 aliphatic rings. The van der Waals surface area contributed by atoms with Gasteiger partial charge in [-0.25, -0.2) is 9.13 Å². The number of rotatable bonds is 0. The van der Waals surface area contributed by atoms with Crippen LogP contribution in [-0.2, 0) is 9.13 Å². The van der Waals surface area contributed by atoms with Crippen molar-refractivity contribution in [2.24, 2.45) is 0 Å². The van der Waals surface area contributed by atoms with E-state index in [1.54, 1.807) is 0 Å². The molecule has 66 valence electrons. The molecule has 0 fully saturated rings. The van der Waals surface area contributed by atoms with Gasteiger partial charge >= 0.3 is 15.4 Å². The van der Waals surface area contributed by atoms with E-state index in [4.69, 9.17) is 34.3 Å². The Bertz CT molecular complexity index is 219. The van der Waals surface area contributed by atoms with Gasteiger partial charge in [0.15, 0.2) is 5.81 Å². The highest BCUT2D eigenvalue weighted by Gasteiger charge is 2.06. The lowest BCUT2D eigenvalue weighted by Gasteiger charge is -1.82. The summed E-state index contributed by atoms with van der Waals surface area (Å²) < 4.78 is 18.2. The lowest BCUT2D eigenvalue weighted by atomic mass is 11.8. The first kappa shape index (κ1) is 13.3. The van der Waals surface area contributed by atoms with Crippen molar-refractivity contribution in [3.05, 3.63) is 0 Å². The molecule has 0 atom stereocenters. The first-order valence-corrected chi connectivity index (χ1v) is 4.99. The normalized spacial score (nSPS) is 10.9. The lowest BCUT2D eigenvalue weighted by molar-refractivity contribution is 0.275. The van der Waals surface area contributed by atoms with Crippen molar-refractivity contribution in [3.8, 4) is 5.81 Å². The maximum Gasteiger partial charge on any atom is 0.466 e. The minimum atomic E-state index is -4.64. The second-order valence-electron chi connectivity index (χ2n) is 1.16. The standard InChI is InChI=1S/CH2NO3P.H3O4P/c2-1-6(3,4)5;1-5(2,3)4/h(H2,3,4,5);(H3,1,2,3,4). The van der Waals surface area contributed by atoms with Crippen molar-refractivity contribution in [3.63, 3.8) is 0 Å². The molecule has 5 N–H and O–H groups in total. The Labute approximate surface area is 61.1 Å². The molecule has 11 heavy (non-hydrogen) atoms. The molecule has 0 aliphatic heterocycles. The van der Waals surface area contributed by atoms with E-state index >= 15 is 0 Å². The second-order valence-corrected chi connectivity index (χ2v) is 3.47. The highest BCUT2D eigenvalue weighted by Crippen LogP contribution is 2.30. The Kier molecular flexibility index (Phi) is 5.57. The number of hydrogen-bond acceptors (Lipinski definition) is 3. The molecule has 0 rings (SSSR count). The average molecular weight is 205 g/mol. The maximum absolute atomic E-state index is 9.33. The zero-order valence-corrected chi connectivity index (χ0v) is 6.68. The van der Waals surface area contributed by atoms with Gasteiger partial charge < -0.3 is 24.5 Å². The van der Waals surface area contributed by atoms with E-state index in [9.17, 15) is 4.57 Å². The predicted molar refractivity (Wildman–Crippen MR) is 31.9 cm³/mol. The van der Waals surface area contributed by atoms with Crippen molar-refractivity contribution < 1.29 is 33.6 Å². The van der Waals surface area contributed by atoms with Crippen LogP contribution in [0.4, 0.5) is 0 Å². The second kappa shape index (κ2) is 4.59. The van der Waals surface area contributed by atoms with Crippen molar-refractivity contribution in [2.45, 2.75) is 0 Å². The highest BCUT2D eigenvalue weighted by atomic mass is 31.2. The van der Waals surface area contributed by atoms with Gasteiger partial charge in [0.25, 0.3) is 0 Å². The molecule has 0 aromatic carbocycles. The summed E-state index contributed by atoms with van der Waals surface area (Å²) in [6.45, 7) is 0. The van der Waals surface area contributed by atoms with Gasteiger partial charge in [0.05, 0.1) is 0 Å². The molecule has 0 unspecified atom stereocenters.